The molecule has 6 heteroatoms. The van der Waals surface area contributed by atoms with Gasteiger partial charge in [-0.1, -0.05) is 6.92 Å². The summed E-state index contributed by atoms with van der Waals surface area (Å²) in [4.78, 5) is 11.2. The van der Waals surface area contributed by atoms with E-state index in [1.54, 1.807) is 26.0 Å². The molecule has 0 bridgehead atoms. The lowest BCUT2D eigenvalue weighted by molar-refractivity contribution is -0.121. The Morgan fingerprint density at radius 1 is 1.57 bits per heavy atom. The van der Waals surface area contributed by atoms with Crippen LogP contribution in [0, 0.1) is 18.7 Å². The molecule has 1 heterocycles. The molecule has 0 aliphatic carbocycles. The molecule has 0 saturated heterocycles. The molecular weight excluding hydrogens is 275 g/mol. The number of hydrogen-bond donors (Lipinski definition) is 2. The van der Waals surface area contributed by atoms with Crippen molar-refractivity contribution in [2.24, 2.45) is 11.0 Å². The van der Waals surface area contributed by atoms with Gasteiger partial charge >= 0.3 is 0 Å². The van der Waals surface area contributed by atoms with E-state index in [0.29, 0.717) is 22.6 Å². The molecule has 2 rings (SSSR count). The summed E-state index contributed by atoms with van der Waals surface area (Å²) in [6.45, 7) is 5.15. The summed E-state index contributed by atoms with van der Waals surface area (Å²) in [7, 11) is 0. The fraction of sp³-hybridized carbons (Fsp3) is 0.467. The molecule has 0 spiro atoms. The Hall–Kier alpha value is -1.95. The highest BCUT2D eigenvalue weighted by molar-refractivity contribution is 6.06. The molecule has 2 N–H and O–H groups in total. The van der Waals surface area contributed by atoms with Crippen LogP contribution in [0.1, 0.15) is 31.4 Å². The van der Waals surface area contributed by atoms with E-state index >= 15 is 0 Å². The minimum absolute atomic E-state index is 0.104. The smallest absolute Gasteiger partial charge is 0.240 e. The van der Waals surface area contributed by atoms with Crippen molar-refractivity contribution >= 4 is 11.6 Å². The number of aliphatic hydroxyl groups excluding tert-OH is 1. The number of hydrogen-bond acceptors (Lipinski definition) is 4. The van der Waals surface area contributed by atoms with Gasteiger partial charge in [0.1, 0.15) is 18.2 Å². The van der Waals surface area contributed by atoms with Crippen molar-refractivity contribution in [1.82, 2.24) is 5.43 Å². The van der Waals surface area contributed by atoms with Crippen LogP contribution < -0.4 is 10.2 Å². The lowest BCUT2D eigenvalue weighted by atomic mass is 9.92. The van der Waals surface area contributed by atoms with Gasteiger partial charge in [-0.25, -0.2) is 9.82 Å². The number of nitrogens with zero attached hydrogens (tertiary/aromatic N) is 1. The van der Waals surface area contributed by atoms with Gasteiger partial charge in [-0.15, -0.1) is 0 Å². The van der Waals surface area contributed by atoms with E-state index < -0.39 is 11.9 Å². The lowest BCUT2D eigenvalue weighted by Crippen LogP contribution is -2.32. The Kier molecular flexibility index (Phi) is 4.57. The van der Waals surface area contributed by atoms with E-state index in [0.717, 1.165) is 0 Å². The maximum Gasteiger partial charge on any atom is 0.240 e. The predicted octanol–water partition coefficient (Wildman–Crippen LogP) is 1.75. The maximum atomic E-state index is 14.5. The Morgan fingerprint density at radius 3 is 2.90 bits per heavy atom. The number of benzene rings is 1. The third kappa shape index (κ3) is 3.39. The topological polar surface area (TPSA) is 70.9 Å². The van der Waals surface area contributed by atoms with Crippen LogP contribution in [0.5, 0.6) is 5.75 Å². The highest BCUT2D eigenvalue weighted by Gasteiger charge is 2.25. The van der Waals surface area contributed by atoms with Crippen LogP contribution in [0.4, 0.5) is 4.39 Å². The standard InChI is InChI=1S/C15H19FN2O3/c1-8-6-13(20)17-18-15(8)11-4-5-12(10(3)14(11)16)21-7-9(2)19/h4-5,8-9,19H,6-7H2,1-3H3,(H,17,20). The van der Waals surface area contributed by atoms with Crippen LogP contribution in [0.2, 0.25) is 0 Å². The molecule has 0 fully saturated rings. The number of rotatable bonds is 4. The molecule has 2 atom stereocenters. The molecule has 1 aliphatic heterocycles. The van der Waals surface area contributed by atoms with Crippen molar-refractivity contribution in [2.75, 3.05) is 6.61 Å². The number of amides is 1. The first-order valence-corrected chi connectivity index (χ1v) is 6.87. The van der Waals surface area contributed by atoms with Crippen LogP contribution in [-0.2, 0) is 4.79 Å². The quantitative estimate of drug-likeness (QED) is 0.889. The van der Waals surface area contributed by atoms with Crippen molar-refractivity contribution in [3.05, 3.63) is 29.1 Å². The third-order valence-electron chi connectivity index (χ3n) is 3.35. The predicted molar refractivity (Wildman–Crippen MR) is 76.8 cm³/mol. The largest absolute Gasteiger partial charge is 0.491 e. The third-order valence-corrected chi connectivity index (χ3v) is 3.35. The molecule has 21 heavy (non-hydrogen) atoms. The summed E-state index contributed by atoms with van der Waals surface area (Å²) >= 11 is 0. The van der Waals surface area contributed by atoms with E-state index in [1.807, 2.05) is 6.92 Å². The maximum absolute atomic E-state index is 14.5. The zero-order valence-corrected chi connectivity index (χ0v) is 12.3. The van der Waals surface area contributed by atoms with Crippen LogP contribution in [-0.4, -0.2) is 29.4 Å². The first kappa shape index (κ1) is 15.4. The Morgan fingerprint density at radius 2 is 2.29 bits per heavy atom. The fourth-order valence-electron chi connectivity index (χ4n) is 2.21. The number of aliphatic hydroxyl groups is 1. The Bertz CT molecular complexity index is 585. The molecule has 2 unspecified atom stereocenters. The highest BCUT2D eigenvalue weighted by Crippen LogP contribution is 2.27. The number of nitrogens with one attached hydrogen (secondary N) is 1. The second kappa shape index (κ2) is 6.22. The van der Waals surface area contributed by atoms with Gasteiger partial charge in [-0.05, 0) is 26.0 Å². The molecule has 5 nitrogen and oxygen atoms in total. The van der Waals surface area contributed by atoms with Gasteiger partial charge in [0.05, 0.1) is 11.8 Å². The van der Waals surface area contributed by atoms with Crippen LogP contribution in [0.15, 0.2) is 17.2 Å². The van der Waals surface area contributed by atoms with E-state index in [1.165, 1.54) is 0 Å². The number of halogens is 1. The molecule has 0 saturated carbocycles. The molecule has 114 valence electrons. The number of ether oxygens (including phenoxy) is 1. The van der Waals surface area contributed by atoms with E-state index in [4.69, 9.17) is 4.74 Å². The van der Waals surface area contributed by atoms with E-state index in [9.17, 15) is 14.3 Å². The minimum atomic E-state index is -0.620. The molecule has 1 aromatic rings. The summed E-state index contributed by atoms with van der Waals surface area (Å²) in [5.74, 6) is -0.331. The molecule has 1 aromatic carbocycles. The van der Waals surface area contributed by atoms with Crippen LogP contribution >= 0.6 is 0 Å². The normalized spacial score (nSPS) is 19.8. The van der Waals surface area contributed by atoms with Crippen molar-refractivity contribution in [3.8, 4) is 5.75 Å². The van der Waals surface area contributed by atoms with Gasteiger partial charge in [0.2, 0.25) is 5.91 Å². The van der Waals surface area contributed by atoms with Crippen molar-refractivity contribution in [3.63, 3.8) is 0 Å². The summed E-state index contributed by atoms with van der Waals surface area (Å²) < 4.78 is 19.9. The van der Waals surface area contributed by atoms with Gasteiger partial charge in [-0.2, -0.15) is 5.10 Å². The monoisotopic (exact) mass is 294 g/mol. The molecular formula is C15H19FN2O3. The average Bonchev–Trinajstić information content (AvgIpc) is 2.41. The van der Waals surface area contributed by atoms with E-state index in [-0.39, 0.29) is 24.9 Å². The first-order valence-electron chi connectivity index (χ1n) is 6.87. The zero-order chi connectivity index (χ0) is 15.6. The van der Waals surface area contributed by atoms with Crippen molar-refractivity contribution < 1.29 is 19.0 Å². The Balaban J connectivity index is 2.30. The SMILES string of the molecule is Cc1c(OCC(C)O)ccc(C2=NNC(=O)CC2C)c1F. The molecule has 1 aliphatic rings. The van der Waals surface area contributed by atoms with Gasteiger partial charge in [-0.3, -0.25) is 4.79 Å². The second-order valence-electron chi connectivity index (χ2n) is 5.35. The summed E-state index contributed by atoms with van der Waals surface area (Å²) in [5.41, 5.74) is 3.63. The summed E-state index contributed by atoms with van der Waals surface area (Å²) in [6.07, 6.45) is -0.331. The number of carbonyl (C=O) groups excluding carboxylic acids is 1. The first-order chi connectivity index (χ1) is 9.90. The number of carbonyl (C=O) groups is 1. The highest BCUT2D eigenvalue weighted by atomic mass is 19.1. The van der Waals surface area contributed by atoms with Crippen molar-refractivity contribution in [2.45, 2.75) is 33.3 Å². The average molecular weight is 294 g/mol. The minimum Gasteiger partial charge on any atom is -0.491 e. The number of hydrazone groups is 1. The molecule has 1 amide bonds. The molecule has 0 radical (unpaired) electrons. The Labute approximate surface area is 122 Å². The molecule has 0 aromatic heterocycles. The zero-order valence-electron chi connectivity index (χ0n) is 12.3. The van der Waals surface area contributed by atoms with Crippen LogP contribution in [0.25, 0.3) is 0 Å². The van der Waals surface area contributed by atoms with E-state index in [2.05, 4.69) is 10.5 Å². The lowest BCUT2D eigenvalue weighted by Gasteiger charge is -2.21. The van der Waals surface area contributed by atoms with Crippen LogP contribution in [0.3, 0.4) is 0 Å². The van der Waals surface area contributed by atoms with Gasteiger partial charge in [0.25, 0.3) is 0 Å². The fourth-order valence-corrected chi connectivity index (χ4v) is 2.21. The summed E-state index contributed by atoms with van der Waals surface area (Å²) in [5, 5.41) is 13.2. The van der Waals surface area contributed by atoms with Crippen molar-refractivity contribution in [1.29, 1.82) is 0 Å². The second-order valence-corrected chi connectivity index (χ2v) is 5.35. The summed E-state index contributed by atoms with van der Waals surface area (Å²) in [6, 6.07) is 3.24. The van der Waals surface area contributed by atoms with Gasteiger partial charge in [0, 0.05) is 23.5 Å². The van der Waals surface area contributed by atoms with Gasteiger partial charge in [0.15, 0.2) is 0 Å². The van der Waals surface area contributed by atoms with Gasteiger partial charge < -0.3 is 9.84 Å².